The van der Waals surface area contributed by atoms with Gasteiger partial charge in [0.15, 0.2) is 0 Å². The molecule has 2 heterocycles. The number of hydrogen-bond acceptors (Lipinski definition) is 4. The van der Waals surface area contributed by atoms with Gasteiger partial charge in [0.05, 0.1) is 6.10 Å². The van der Waals surface area contributed by atoms with Gasteiger partial charge in [0.25, 0.3) is 5.91 Å². The van der Waals surface area contributed by atoms with Crippen LogP contribution in [-0.2, 0) is 11.2 Å². The Hall–Kier alpha value is -2.93. The van der Waals surface area contributed by atoms with Crippen molar-refractivity contribution in [2.24, 2.45) is 5.41 Å². The van der Waals surface area contributed by atoms with Crippen LogP contribution in [0.4, 0.5) is 0 Å². The largest absolute Gasteiger partial charge is 0.481 e. The average molecular weight is 356 g/mol. The van der Waals surface area contributed by atoms with Crippen LogP contribution >= 0.6 is 0 Å². The van der Waals surface area contributed by atoms with Crippen molar-refractivity contribution in [1.29, 1.82) is 0 Å². The molecule has 0 unspecified atom stereocenters. The highest BCUT2D eigenvalue weighted by Gasteiger charge is 2.50. The van der Waals surface area contributed by atoms with E-state index in [2.05, 4.69) is 4.98 Å². The first-order valence-corrected chi connectivity index (χ1v) is 8.36. The number of carboxylic acid groups (broad SMARTS) is 1. The van der Waals surface area contributed by atoms with E-state index in [1.54, 1.807) is 24.3 Å². The molecule has 0 spiro atoms. The third-order valence-corrected chi connectivity index (χ3v) is 4.86. The second-order valence-electron chi connectivity index (χ2n) is 6.58. The third-order valence-electron chi connectivity index (χ3n) is 4.86. The maximum absolute atomic E-state index is 12.7. The highest BCUT2D eigenvalue weighted by Crippen LogP contribution is 2.35. The van der Waals surface area contributed by atoms with E-state index in [0.717, 1.165) is 5.56 Å². The standard InChI is InChI=1S/C19H20N2O5/c22-15-9-10-21(17(24)14-7-4-8-16(23)20-14)12-19(15,18(25)26)11-13-5-2-1-3-6-13/h1-8,15,22H,9-12H2,(H,20,23)(H,25,26)/t15-,19+/m0/s1. The van der Waals surface area contributed by atoms with Crippen molar-refractivity contribution in [3.63, 3.8) is 0 Å². The first-order valence-electron chi connectivity index (χ1n) is 8.36. The van der Waals surface area contributed by atoms with Crippen molar-refractivity contribution in [3.05, 3.63) is 70.1 Å². The summed E-state index contributed by atoms with van der Waals surface area (Å²) >= 11 is 0. The first-order chi connectivity index (χ1) is 12.4. The lowest BCUT2D eigenvalue weighted by molar-refractivity contribution is -0.161. The van der Waals surface area contributed by atoms with Gasteiger partial charge in [-0.2, -0.15) is 0 Å². The minimum Gasteiger partial charge on any atom is -0.481 e. The van der Waals surface area contributed by atoms with Crippen LogP contribution in [-0.4, -0.2) is 51.2 Å². The van der Waals surface area contributed by atoms with Gasteiger partial charge >= 0.3 is 5.97 Å². The molecule has 1 aromatic heterocycles. The number of amides is 1. The van der Waals surface area contributed by atoms with Crippen molar-refractivity contribution < 1.29 is 19.8 Å². The smallest absolute Gasteiger partial charge is 0.314 e. The molecule has 1 aliphatic heterocycles. The molecule has 0 radical (unpaired) electrons. The molecule has 3 rings (SSSR count). The minimum atomic E-state index is -1.50. The van der Waals surface area contributed by atoms with Crippen LogP contribution in [0.2, 0.25) is 0 Å². The van der Waals surface area contributed by atoms with Gasteiger partial charge in [0.1, 0.15) is 11.1 Å². The van der Waals surface area contributed by atoms with Gasteiger partial charge in [-0.25, -0.2) is 0 Å². The summed E-state index contributed by atoms with van der Waals surface area (Å²) in [5, 5.41) is 20.4. The molecule has 7 nitrogen and oxygen atoms in total. The van der Waals surface area contributed by atoms with Crippen molar-refractivity contribution in [2.45, 2.75) is 18.9 Å². The van der Waals surface area contributed by atoms with Crippen LogP contribution in [0.3, 0.4) is 0 Å². The number of carboxylic acids is 1. The Morgan fingerprint density at radius 2 is 1.88 bits per heavy atom. The number of aliphatic hydroxyl groups is 1. The molecule has 1 aliphatic rings. The second kappa shape index (κ2) is 7.13. The van der Waals surface area contributed by atoms with E-state index >= 15 is 0 Å². The molecule has 0 bridgehead atoms. The Morgan fingerprint density at radius 1 is 1.15 bits per heavy atom. The van der Waals surface area contributed by atoms with Crippen molar-refractivity contribution in [3.8, 4) is 0 Å². The average Bonchev–Trinajstić information content (AvgIpc) is 2.63. The fourth-order valence-electron chi connectivity index (χ4n) is 3.42. The van der Waals surface area contributed by atoms with Crippen molar-refractivity contribution in [1.82, 2.24) is 9.88 Å². The SMILES string of the molecule is O=C(c1cccc(=O)[nH]1)N1CC[C@H](O)[C@](Cc2ccccc2)(C(=O)O)C1. The normalized spacial score (nSPS) is 22.8. The molecule has 1 fully saturated rings. The van der Waals surface area contributed by atoms with Crippen LogP contribution in [0.25, 0.3) is 0 Å². The number of aromatic nitrogens is 1. The third kappa shape index (κ3) is 3.39. The predicted octanol–water partition coefficient (Wildman–Crippen LogP) is 0.895. The van der Waals surface area contributed by atoms with Crippen molar-refractivity contribution >= 4 is 11.9 Å². The van der Waals surface area contributed by atoms with E-state index in [-0.39, 0.29) is 31.6 Å². The number of aliphatic carboxylic acids is 1. The number of rotatable bonds is 4. The minimum absolute atomic E-state index is 0.105. The van der Waals surface area contributed by atoms with Crippen LogP contribution in [0.5, 0.6) is 0 Å². The molecule has 3 N–H and O–H groups in total. The van der Waals surface area contributed by atoms with E-state index in [0.29, 0.717) is 0 Å². The van der Waals surface area contributed by atoms with Gasteiger partial charge in [-0.05, 0) is 24.5 Å². The lowest BCUT2D eigenvalue weighted by atomic mass is 9.72. The lowest BCUT2D eigenvalue weighted by Crippen LogP contribution is -2.58. The topological polar surface area (TPSA) is 111 Å². The summed E-state index contributed by atoms with van der Waals surface area (Å²) in [4.78, 5) is 40.1. The van der Waals surface area contributed by atoms with Gasteiger partial charge in [-0.3, -0.25) is 14.4 Å². The van der Waals surface area contributed by atoms with E-state index in [4.69, 9.17) is 0 Å². The Kier molecular flexibility index (Phi) is 4.90. The maximum Gasteiger partial charge on any atom is 0.314 e. The number of pyridine rings is 1. The second-order valence-corrected chi connectivity index (χ2v) is 6.58. The summed E-state index contributed by atoms with van der Waals surface area (Å²) in [6.45, 7) is 0.0922. The number of hydrogen-bond donors (Lipinski definition) is 3. The highest BCUT2D eigenvalue weighted by atomic mass is 16.4. The Labute approximate surface area is 149 Å². The summed E-state index contributed by atoms with van der Waals surface area (Å²) in [5.41, 5.74) is -1.02. The Bertz CT molecular complexity index is 863. The van der Waals surface area contributed by atoms with E-state index in [9.17, 15) is 24.6 Å². The van der Waals surface area contributed by atoms with E-state index < -0.39 is 29.0 Å². The molecule has 136 valence electrons. The number of aromatic amines is 1. The summed E-state index contributed by atoms with van der Waals surface area (Å²) in [6, 6.07) is 13.3. The number of carbonyl (C=O) groups is 2. The van der Waals surface area contributed by atoms with Crippen LogP contribution in [0.15, 0.2) is 53.3 Å². The number of carbonyl (C=O) groups excluding carboxylic acids is 1. The number of nitrogens with one attached hydrogen (secondary N) is 1. The van der Waals surface area contributed by atoms with E-state index in [1.165, 1.54) is 23.1 Å². The van der Waals surface area contributed by atoms with Crippen LogP contribution in [0.1, 0.15) is 22.5 Å². The molecule has 0 saturated carbocycles. The first kappa shape index (κ1) is 17.9. The van der Waals surface area contributed by atoms with Gasteiger partial charge in [0.2, 0.25) is 5.56 Å². The zero-order valence-corrected chi connectivity index (χ0v) is 14.1. The zero-order valence-electron chi connectivity index (χ0n) is 14.1. The molecule has 2 atom stereocenters. The van der Waals surface area contributed by atoms with Gasteiger partial charge < -0.3 is 20.1 Å². The van der Waals surface area contributed by atoms with Crippen LogP contribution < -0.4 is 5.56 Å². The Balaban J connectivity index is 1.90. The summed E-state index contributed by atoms with van der Waals surface area (Å²) in [6.07, 6.45) is -0.805. The van der Waals surface area contributed by atoms with Crippen LogP contribution in [0, 0.1) is 5.41 Å². The number of likely N-dealkylation sites (tertiary alicyclic amines) is 1. The monoisotopic (exact) mass is 356 g/mol. The molecular weight excluding hydrogens is 336 g/mol. The number of H-pyrrole nitrogens is 1. The van der Waals surface area contributed by atoms with Gasteiger partial charge in [-0.15, -0.1) is 0 Å². The molecule has 1 amide bonds. The molecule has 7 heteroatoms. The van der Waals surface area contributed by atoms with E-state index in [1.807, 2.05) is 6.07 Å². The molecular formula is C19H20N2O5. The number of piperidine rings is 1. The summed E-state index contributed by atoms with van der Waals surface area (Å²) in [7, 11) is 0. The fraction of sp³-hybridized carbons (Fsp3) is 0.316. The summed E-state index contributed by atoms with van der Waals surface area (Å²) < 4.78 is 0. The maximum atomic E-state index is 12.7. The molecule has 1 saturated heterocycles. The summed E-state index contributed by atoms with van der Waals surface area (Å²) in [5.74, 6) is -1.60. The number of benzene rings is 1. The number of aliphatic hydroxyl groups excluding tert-OH is 1. The Morgan fingerprint density at radius 3 is 2.54 bits per heavy atom. The quantitative estimate of drug-likeness (QED) is 0.754. The van der Waals surface area contributed by atoms with Gasteiger partial charge in [0, 0.05) is 19.2 Å². The molecule has 1 aromatic carbocycles. The fourth-order valence-corrected chi connectivity index (χ4v) is 3.42. The molecule has 26 heavy (non-hydrogen) atoms. The van der Waals surface area contributed by atoms with Gasteiger partial charge in [-0.1, -0.05) is 36.4 Å². The highest BCUT2D eigenvalue weighted by molar-refractivity contribution is 5.93. The lowest BCUT2D eigenvalue weighted by Gasteiger charge is -2.43. The molecule has 2 aromatic rings. The predicted molar refractivity (Wildman–Crippen MR) is 93.8 cm³/mol. The molecule has 0 aliphatic carbocycles. The van der Waals surface area contributed by atoms with Crippen molar-refractivity contribution in [2.75, 3.05) is 13.1 Å². The number of nitrogens with zero attached hydrogens (tertiary/aromatic N) is 1. The zero-order chi connectivity index (χ0) is 18.7.